The van der Waals surface area contributed by atoms with Crippen LogP contribution in [0.3, 0.4) is 0 Å². The highest BCUT2D eigenvalue weighted by atomic mass is 16.5. The first-order valence-corrected chi connectivity index (χ1v) is 9.33. The van der Waals surface area contributed by atoms with E-state index in [2.05, 4.69) is 15.4 Å². The van der Waals surface area contributed by atoms with E-state index in [1.807, 2.05) is 11.6 Å². The summed E-state index contributed by atoms with van der Waals surface area (Å²) in [6.45, 7) is 6.48. The number of fused-ring (bicyclic) bond motifs is 1. The topological polar surface area (TPSA) is 86.1 Å². The number of rotatable bonds is 6. The Morgan fingerprint density at radius 3 is 2.58 bits per heavy atom. The van der Waals surface area contributed by atoms with Gasteiger partial charge in [-0.05, 0) is 46.5 Å². The number of hydrogen-bond acceptors (Lipinski definition) is 6. The Bertz CT molecular complexity index is 806. The van der Waals surface area contributed by atoms with Crippen molar-refractivity contribution < 1.29 is 14.3 Å². The van der Waals surface area contributed by atoms with Crippen molar-refractivity contribution in [1.82, 2.24) is 14.8 Å². The second-order valence-corrected chi connectivity index (χ2v) is 6.77. The molecule has 1 N–H and O–H groups in total. The molecule has 1 aliphatic rings. The third kappa shape index (κ3) is 3.57. The average Bonchev–Trinajstić information content (AvgIpc) is 3.06. The zero-order valence-corrected chi connectivity index (χ0v) is 15.6. The zero-order chi connectivity index (χ0) is 18.7. The fraction of sp³-hybridized carbons (Fsp3) is 0.579. The van der Waals surface area contributed by atoms with E-state index in [-0.39, 0.29) is 23.7 Å². The van der Waals surface area contributed by atoms with Gasteiger partial charge in [-0.25, -0.2) is 14.5 Å². The molecule has 0 aromatic carbocycles. The summed E-state index contributed by atoms with van der Waals surface area (Å²) in [6.07, 6.45) is 6.88. The van der Waals surface area contributed by atoms with Crippen LogP contribution in [0.25, 0.3) is 11.0 Å². The second kappa shape index (κ2) is 7.85. The van der Waals surface area contributed by atoms with Crippen molar-refractivity contribution in [3.05, 3.63) is 18.0 Å². The number of anilines is 1. The minimum atomic E-state index is -0.383. The summed E-state index contributed by atoms with van der Waals surface area (Å²) in [7, 11) is 0. The SMILES string of the molecule is CCOC(=O)c1cnc2c(cnn2CC)c1NC1CCC(C(C)=O)CC1. The molecule has 0 amide bonds. The van der Waals surface area contributed by atoms with E-state index >= 15 is 0 Å². The summed E-state index contributed by atoms with van der Waals surface area (Å²) in [5, 5.41) is 8.71. The lowest BCUT2D eigenvalue weighted by atomic mass is 9.84. The standard InChI is InChI=1S/C19H26N4O3/c1-4-23-18-15(11-21-23)17(16(10-20-18)19(25)26-5-2)22-14-8-6-13(7-9-14)12(3)24/h10-11,13-14H,4-9H2,1-3H3,(H,20,22). The van der Waals surface area contributed by atoms with Crippen LogP contribution in [-0.2, 0) is 16.1 Å². The van der Waals surface area contributed by atoms with Crippen molar-refractivity contribution in [3.8, 4) is 0 Å². The molecular formula is C19H26N4O3. The molecule has 1 saturated carbocycles. The molecule has 3 rings (SSSR count). The fourth-order valence-corrected chi connectivity index (χ4v) is 3.63. The van der Waals surface area contributed by atoms with E-state index in [4.69, 9.17) is 4.74 Å². The summed E-state index contributed by atoms with van der Waals surface area (Å²) < 4.78 is 7.01. The number of nitrogens with zero attached hydrogens (tertiary/aromatic N) is 3. The Hall–Kier alpha value is -2.44. The highest BCUT2D eigenvalue weighted by Gasteiger charge is 2.26. The van der Waals surface area contributed by atoms with Crippen LogP contribution in [0.2, 0.25) is 0 Å². The van der Waals surface area contributed by atoms with Crippen LogP contribution in [0, 0.1) is 5.92 Å². The van der Waals surface area contributed by atoms with E-state index < -0.39 is 0 Å². The average molecular weight is 358 g/mol. The molecule has 2 heterocycles. The normalized spacial score (nSPS) is 20.1. The maximum Gasteiger partial charge on any atom is 0.341 e. The molecule has 2 aromatic heterocycles. The second-order valence-electron chi connectivity index (χ2n) is 6.77. The van der Waals surface area contributed by atoms with Gasteiger partial charge in [-0.1, -0.05) is 0 Å². The maximum absolute atomic E-state index is 12.4. The Kier molecular flexibility index (Phi) is 5.54. The highest BCUT2D eigenvalue weighted by molar-refractivity contribution is 6.04. The molecule has 1 fully saturated rings. The molecule has 1 aliphatic carbocycles. The lowest BCUT2D eigenvalue weighted by molar-refractivity contribution is -0.121. The monoisotopic (exact) mass is 358 g/mol. The Balaban J connectivity index is 1.91. The van der Waals surface area contributed by atoms with Crippen molar-refractivity contribution in [2.45, 2.75) is 59.0 Å². The van der Waals surface area contributed by atoms with Gasteiger partial charge in [0, 0.05) is 24.7 Å². The van der Waals surface area contributed by atoms with E-state index in [0.717, 1.165) is 42.4 Å². The van der Waals surface area contributed by atoms with Crippen molar-refractivity contribution in [1.29, 1.82) is 0 Å². The van der Waals surface area contributed by atoms with Gasteiger partial charge >= 0.3 is 5.97 Å². The van der Waals surface area contributed by atoms with Gasteiger partial charge < -0.3 is 10.1 Å². The van der Waals surface area contributed by atoms with E-state index in [9.17, 15) is 9.59 Å². The summed E-state index contributed by atoms with van der Waals surface area (Å²) in [5.41, 5.74) is 1.92. The number of nitrogens with one attached hydrogen (secondary N) is 1. The van der Waals surface area contributed by atoms with Gasteiger partial charge in [-0.15, -0.1) is 0 Å². The third-order valence-corrected chi connectivity index (χ3v) is 5.11. The first-order valence-electron chi connectivity index (χ1n) is 9.33. The van der Waals surface area contributed by atoms with E-state index in [0.29, 0.717) is 18.7 Å². The van der Waals surface area contributed by atoms with Crippen LogP contribution in [0.15, 0.2) is 12.4 Å². The molecule has 0 unspecified atom stereocenters. The Morgan fingerprint density at radius 2 is 1.96 bits per heavy atom. The Morgan fingerprint density at radius 1 is 1.23 bits per heavy atom. The summed E-state index contributed by atoms with van der Waals surface area (Å²) in [6, 6.07) is 0.217. The Labute approximate surface area is 153 Å². The molecule has 7 nitrogen and oxygen atoms in total. The van der Waals surface area contributed by atoms with Crippen molar-refractivity contribution in [2.24, 2.45) is 5.92 Å². The van der Waals surface area contributed by atoms with Crippen LogP contribution in [-0.4, -0.2) is 39.2 Å². The number of aryl methyl sites for hydroxylation is 1. The predicted molar refractivity (Wildman–Crippen MR) is 99.2 cm³/mol. The lowest BCUT2D eigenvalue weighted by Crippen LogP contribution is -2.29. The van der Waals surface area contributed by atoms with E-state index in [1.54, 1.807) is 26.2 Å². The number of pyridine rings is 1. The van der Waals surface area contributed by atoms with E-state index in [1.165, 1.54) is 0 Å². The molecular weight excluding hydrogens is 332 g/mol. The van der Waals surface area contributed by atoms with Gasteiger partial charge in [0.1, 0.15) is 11.3 Å². The molecule has 140 valence electrons. The molecule has 0 saturated heterocycles. The zero-order valence-electron chi connectivity index (χ0n) is 15.6. The third-order valence-electron chi connectivity index (χ3n) is 5.11. The van der Waals surface area contributed by atoms with Gasteiger partial charge in [0.25, 0.3) is 0 Å². The molecule has 26 heavy (non-hydrogen) atoms. The number of carbonyl (C=O) groups is 2. The van der Waals surface area contributed by atoms with Crippen LogP contribution < -0.4 is 5.32 Å². The quantitative estimate of drug-likeness (QED) is 0.798. The first kappa shape index (κ1) is 18.4. The van der Waals surface area contributed by atoms with Crippen LogP contribution in [0.4, 0.5) is 5.69 Å². The number of aromatic nitrogens is 3. The van der Waals surface area contributed by atoms with Gasteiger partial charge in [0.2, 0.25) is 0 Å². The number of ether oxygens (including phenoxy) is 1. The maximum atomic E-state index is 12.4. The van der Waals surface area contributed by atoms with Crippen molar-refractivity contribution >= 4 is 28.5 Å². The van der Waals surface area contributed by atoms with Gasteiger partial charge in [-0.3, -0.25) is 4.79 Å². The minimum absolute atomic E-state index is 0.165. The number of esters is 1. The van der Waals surface area contributed by atoms with Crippen molar-refractivity contribution in [3.63, 3.8) is 0 Å². The van der Waals surface area contributed by atoms with Gasteiger partial charge in [0.05, 0.1) is 23.9 Å². The van der Waals surface area contributed by atoms with Gasteiger partial charge in [0.15, 0.2) is 5.65 Å². The predicted octanol–water partition coefficient (Wildman–Crippen LogP) is 3.19. The summed E-state index contributed by atoms with van der Waals surface area (Å²) in [4.78, 5) is 28.4. The molecule has 0 radical (unpaired) electrons. The van der Waals surface area contributed by atoms with Crippen molar-refractivity contribution in [2.75, 3.05) is 11.9 Å². The first-order chi connectivity index (χ1) is 12.5. The minimum Gasteiger partial charge on any atom is -0.462 e. The fourth-order valence-electron chi connectivity index (χ4n) is 3.63. The van der Waals surface area contributed by atoms with Crippen LogP contribution in [0.5, 0.6) is 0 Å². The lowest BCUT2D eigenvalue weighted by Gasteiger charge is -2.29. The van der Waals surface area contributed by atoms with Crippen LogP contribution in [0.1, 0.15) is 56.8 Å². The molecule has 7 heteroatoms. The molecule has 0 spiro atoms. The molecule has 0 bridgehead atoms. The largest absolute Gasteiger partial charge is 0.462 e. The van der Waals surface area contributed by atoms with Crippen LogP contribution >= 0.6 is 0 Å². The number of ketones is 1. The number of carbonyl (C=O) groups excluding carboxylic acids is 2. The molecule has 2 aromatic rings. The summed E-state index contributed by atoms with van der Waals surface area (Å²) >= 11 is 0. The van der Waals surface area contributed by atoms with Gasteiger partial charge in [-0.2, -0.15) is 5.10 Å². The molecule has 0 atom stereocenters. The smallest absolute Gasteiger partial charge is 0.341 e. The number of hydrogen-bond donors (Lipinski definition) is 1. The molecule has 0 aliphatic heterocycles. The highest BCUT2D eigenvalue weighted by Crippen LogP contribution is 2.32. The number of Topliss-reactive ketones (excluding diaryl/α,β-unsaturated/α-hetero) is 1. The summed E-state index contributed by atoms with van der Waals surface area (Å²) in [5.74, 6) is 0.0511.